The third-order valence-electron chi connectivity index (χ3n) is 7.50. The number of piperazine rings is 1. The Hall–Kier alpha value is -2.83. The van der Waals surface area contributed by atoms with Crippen molar-refractivity contribution in [1.82, 2.24) is 15.2 Å². The number of aromatic nitrogens is 1. The van der Waals surface area contributed by atoms with Gasteiger partial charge in [0.25, 0.3) is 0 Å². The van der Waals surface area contributed by atoms with Gasteiger partial charge < -0.3 is 19.9 Å². The molecule has 1 saturated heterocycles. The van der Waals surface area contributed by atoms with Crippen molar-refractivity contribution < 1.29 is 19.1 Å². The van der Waals surface area contributed by atoms with Gasteiger partial charge >= 0.3 is 5.97 Å². The van der Waals surface area contributed by atoms with E-state index in [0.717, 1.165) is 42.3 Å². The van der Waals surface area contributed by atoms with Crippen molar-refractivity contribution in [3.05, 3.63) is 35.5 Å². The largest absolute Gasteiger partial charge is 0.460 e. The fraction of sp³-hybridized carbons (Fsp3) is 0.593. The molecule has 34 heavy (non-hydrogen) atoms. The maximum absolute atomic E-state index is 13.8. The van der Waals surface area contributed by atoms with Gasteiger partial charge in [0.1, 0.15) is 17.7 Å². The Balaban J connectivity index is 1.47. The molecule has 0 spiro atoms. The van der Waals surface area contributed by atoms with E-state index >= 15 is 0 Å². The van der Waals surface area contributed by atoms with E-state index in [0.29, 0.717) is 12.3 Å². The molecule has 2 fully saturated rings. The van der Waals surface area contributed by atoms with Crippen molar-refractivity contribution in [1.29, 1.82) is 0 Å². The average molecular weight is 466 g/mol. The first-order chi connectivity index (χ1) is 16.2. The summed E-state index contributed by atoms with van der Waals surface area (Å²) in [5.41, 5.74) is 2.75. The number of hydrogen-bond donors (Lipinski definition) is 2. The number of ether oxygens (including phenoxy) is 1. The minimum absolute atomic E-state index is 0.0759. The lowest BCUT2D eigenvalue weighted by Crippen LogP contribution is -2.66. The van der Waals surface area contributed by atoms with Crippen LogP contribution >= 0.6 is 0 Å². The van der Waals surface area contributed by atoms with E-state index < -0.39 is 17.7 Å². The number of esters is 1. The minimum atomic E-state index is -0.701. The monoisotopic (exact) mass is 465 g/mol. The van der Waals surface area contributed by atoms with E-state index in [1.165, 1.54) is 12.0 Å². The molecule has 1 aliphatic carbocycles. The van der Waals surface area contributed by atoms with Crippen LogP contribution in [0.4, 0.5) is 0 Å². The van der Waals surface area contributed by atoms with Crippen molar-refractivity contribution in [2.45, 2.75) is 95.9 Å². The van der Waals surface area contributed by atoms with Crippen LogP contribution in [0.5, 0.6) is 0 Å². The molecule has 2 aliphatic heterocycles. The van der Waals surface area contributed by atoms with Crippen LogP contribution in [0.25, 0.3) is 10.9 Å². The Labute approximate surface area is 200 Å². The molecule has 5 rings (SSSR count). The van der Waals surface area contributed by atoms with Crippen molar-refractivity contribution in [3.8, 4) is 0 Å². The maximum Gasteiger partial charge on any atom is 0.306 e. The second-order valence-electron chi connectivity index (χ2n) is 11.1. The van der Waals surface area contributed by atoms with Gasteiger partial charge in [-0.1, -0.05) is 37.5 Å². The summed E-state index contributed by atoms with van der Waals surface area (Å²) in [6.45, 7) is 5.47. The summed E-state index contributed by atoms with van der Waals surface area (Å²) in [6, 6.07) is 6.86. The summed E-state index contributed by atoms with van der Waals surface area (Å²) in [5.74, 6) is -0.222. The molecule has 2 amide bonds. The van der Waals surface area contributed by atoms with Crippen LogP contribution in [-0.2, 0) is 25.5 Å². The van der Waals surface area contributed by atoms with Gasteiger partial charge in [-0.2, -0.15) is 0 Å². The Morgan fingerprint density at radius 1 is 1.12 bits per heavy atom. The molecule has 1 aromatic heterocycles. The smallest absolute Gasteiger partial charge is 0.306 e. The lowest BCUT2D eigenvalue weighted by Gasteiger charge is -2.49. The molecule has 0 radical (unpaired) electrons. The molecule has 3 aliphatic rings. The summed E-state index contributed by atoms with van der Waals surface area (Å²) in [7, 11) is 0. The number of benzene rings is 1. The van der Waals surface area contributed by atoms with Crippen molar-refractivity contribution in [2.75, 3.05) is 0 Å². The standard InChI is InChI=1S/C27H35N3O4/c1-27(2,3)34-22(31)14-13-20-26(33)30-21(25(32)29-20)15-18-17-11-7-8-12-19(17)28-23(18)24(30)16-9-5-4-6-10-16/h7-8,11-12,16,20-21,24,28H,4-6,9-10,13-15H2,1-3H3,(H,29,32)/t20?,21-,24?/m0/s1. The summed E-state index contributed by atoms with van der Waals surface area (Å²) < 4.78 is 5.41. The summed E-state index contributed by atoms with van der Waals surface area (Å²) >= 11 is 0. The van der Waals surface area contributed by atoms with Crippen LogP contribution in [-0.4, -0.2) is 45.4 Å². The predicted octanol–water partition coefficient (Wildman–Crippen LogP) is 4.16. The van der Waals surface area contributed by atoms with E-state index in [1.54, 1.807) is 0 Å². The molecule has 0 bridgehead atoms. The van der Waals surface area contributed by atoms with Crippen molar-refractivity contribution in [3.63, 3.8) is 0 Å². The molecule has 2 aromatic rings. The number of carbonyl (C=O) groups excluding carboxylic acids is 3. The fourth-order valence-corrected chi connectivity index (χ4v) is 6.10. The quantitative estimate of drug-likeness (QED) is 0.663. The Morgan fingerprint density at radius 2 is 1.85 bits per heavy atom. The normalized spacial score (nSPS) is 25.6. The average Bonchev–Trinajstić information content (AvgIpc) is 3.17. The van der Waals surface area contributed by atoms with Crippen LogP contribution in [0.1, 0.15) is 83.0 Å². The number of hydrogen-bond acceptors (Lipinski definition) is 4. The summed E-state index contributed by atoms with van der Waals surface area (Å²) in [5, 5.41) is 4.07. The van der Waals surface area contributed by atoms with Gasteiger partial charge in [-0.25, -0.2) is 0 Å². The van der Waals surface area contributed by atoms with E-state index in [2.05, 4.69) is 22.4 Å². The fourth-order valence-electron chi connectivity index (χ4n) is 6.10. The maximum atomic E-state index is 13.8. The van der Waals surface area contributed by atoms with Crippen LogP contribution in [0.2, 0.25) is 0 Å². The Bertz CT molecular complexity index is 1110. The minimum Gasteiger partial charge on any atom is -0.460 e. The van der Waals surface area contributed by atoms with Crippen molar-refractivity contribution >= 4 is 28.7 Å². The third kappa shape index (κ3) is 4.21. The topological polar surface area (TPSA) is 91.5 Å². The van der Waals surface area contributed by atoms with Gasteiger partial charge in [-0.05, 0) is 57.6 Å². The van der Waals surface area contributed by atoms with Gasteiger partial charge in [0.15, 0.2) is 0 Å². The number of amides is 2. The highest BCUT2D eigenvalue weighted by Crippen LogP contribution is 2.46. The molecule has 3 heterocycles. The SMILES string of the molecule is CC(C)(C)OC(=O)CCC1NC(=O)[C@@H]2Cc3c([nH]c4ccccc34)C(C3CCCCC3)N2C1=O. The number of nitrogens with one attached hydrogen (secondary N) is 2. The van der Waals surface area contributed by atoms with Gasteiger partial charge in [-0.3, -0.25) is 14.4 Å². The van der Waals surface area contributed by atoms with Crippen molar-refractivity contribution in [2.24, 2.45) is 5.92 Å². The first-order valence-electron chi connectivity index (χ1n) is 12.7. The number of carbonyl (C=O) groups is 3. The van der Waals surface area contributed by atoms with Crippen LogP contribution in [0.3, 0.4) is 0 Å². The second-order valence-corrected chi connectivity index (χ2v) is 11.1. The Kier molecular flexibility index (Phi) is 5.90. The molecule has 2 unspecified atom stereocenters. The zero-order valence-electron chi connectivity index (χ0n) is 20.4. The molecule has 1 aromatic carbocycles. The van der Waals surface area contributed by atoms with Gasteiger partial charge in [0, 0.05) is 29.4 Å². The molecule has 2 N–H and O–H groups in total. The highest BCUT2D eigenvalue weighted by Gasteiger charge is 2.50. The van der Waals surface area contributed by atoms with E-state index in [-0.39, 0.29) is 36.7 Å². The van der Waals surface area contributed by atoms with Gasteiger partial charge in [0.2, 0.25) is 11.8 Å². The number of fused-ring (bicyclic) bond motifs is 4. The molecule has 3 atom stereocenters. The first-order valence-corrected chi connectivity index (χ1v) is 12.7. The summed E-state index contributed by atoms with van der Waals surface area (Å²) in [6.07, 6.45) is 6.49. The molecular formula is C27H35N3O4. The molecular weight excluding hydrogens is 430 g/mol. The first kappa shape index (κ1) is 22.9. The Morgan fingerprint density at radius 3 is 2.59 bits per heavy atom. The van der Waals surface area contributed by atoms with E-state index in [1.807, 2.05) is 37.8 Å². The molecule has 182 valence electrons. The highest BCUT2D eigenvalue weighted by molar-refractivity contribution is 5.99. The lowest BCUT2D eigenvalue weighted by molar-refractivity contribution is -0.158. The van der Waals surface area contributed by atoms with Gasteiger partial charge in [-0.15, -0.1) is 0 Å². The number of nitrogens with zero attached hydrogens (tertiary/aromatic N) is 1. The zero-order valence-corrected chi connectivity index (χ0v) is 20.4. The number of para-hydroxylation sites is 1. The summed E-state index contributed by atoms with van der Waals surface area (Å²) in [4.78, 5) is 44.9. The number of aromatic amines is 1. The zero-order chi connectivity index (χ0) is 24.0. The molecule has 7 nitrogen and oxygen atoms in total. The van der Waals surface area contributed by atoms with E-state index in [4.69, 9.17) is 4.74 Å². The van der Waals surface area contributed by atoms with Crippen LogP contribution < -0.4 is 5.32 Å². The number of rotatable bonds is 4. The molecule has 1 saturated carbocycles. The van der Waals surface area contributed by atoms with E-state index in [9.17, 15) is 14.4 Å². The molecule has 7 heteroatoms. The number of H-pyrrole nitrogens is 1. The van der Waals surface area contributed by atoms with Crippen LogP contribution in [0.15, 0.2) is 24.3 Å². The lowest BCUT2D eigenvalue weighted by atomic mass is 9.76. The van der Waals surface area contributed by atoms with Crippen LogP contribution in [0, 0.1) is 5.92 Å². The third-order valence-corrected chi connectivity index (χ3v) is 7.50. The predicted molar refractivity (Wildman–Crippen MR) is 129 cm³/mol. The van der Waals surface area contributed by atoms with Gasteiger partial charge in [0.05, 0.1) is 6.04 Å². The second kappa shape index (κ2) is 8.75. The highest BCUT2D eigenvalue weighted by atomic mass is 16.6.